The number of unbranched alkanes of at least 4 members (excludes halogenated alkanes) is 3. The summed E-state index contributed by atoms with van der Waals surface area (Å²) in [5.41, 5.74) is 15.7. The Kier molecular flexibility index (Phi) is 13.1. The topological polar surface area (TPSA) is 102 Å². The fraction of sp³-hybridized carbons (Fsp3) is 0.211. The smallest absolute Gasteiger partial charge is 0.333 e. The van der Waals surface area contributed by atoms with Crippen LogP contribution in [0.4, 0.5) is 0 Å². The fourth-order valence-corrected chi connectivity index (χ4v) is 8.53. The van der Waals surface area contributed by atoms with Gasteiger partial charge in [0.25, 0.3) is 0 Å². The van der Waals surface area contributed by atoms with Crippen molar-refractivity contribution in [1.82, 2.24) is 19.9 Å². The predicted octanol–water partition coefficient (Wildman–Crippen LogP) is 13.1. The van der Waals surface area contributed by atoms with Crippen molar-refractivity contribution in [2.24, 2.45) is 0 Å². The van der Waals surface area contributed by atoms with E-state index in [4.69, 9.17) is 24.2 Å². The number of esters is 1. The Balaban J connectivity index is 0.984. The lowest BCUT2D eigenvalue weighted by molar-refractivity contribution is -0.139. The van der Waals surface area contributed by atoms with Gasteiger partial charge in [-0.2, -0.15) is 0 Å². The molecule has 12 rings (SSSR count). The van der Waals surface area contributed by atoms with E-state index < -0.39 is 0 Å². The maximum absolute atomic E-state index is 11.6. The molecule has 8 aromatic rings. The molecule has 4 aliphatic rings. The van der Waals surface area contributed by atoms with Crippen LogP contribution in [0.25, 0.3) is 67.8 Å². The van der Waals surface area contributed by atoms with Gasteiger partial charge in [0.2, 0.25) is 0 Å². The van der Waals surface area contributed by atoms with E-state index in [1.54, 1.807) is 14.0 Å². The normalized spacial score (nSPS) is 12.1. The molecule has 2 heterocycles. The summed E-state index contributed by atoms with van der Waals surface area (Å²) in [4.78, 5) is 29.9. The largest absolute Gasteiger partial charge is 0.497 e. The van der Waals surface area contributed by atoms with Crippen LogP contribution in [0.3, 0.4) is 0 Å². The zero-order valence-electron chi connectivity index (χ0n) is 37.2. The van der Waals surface area contributed by atoms with E-state index in [2.05, 4.69) is 132 Å². The summed E-state index contributed by atoms with van der Waals surface area (Å²) in [6.07, 6.45) is 7.15. The number of benzene rings is 6. The highest BCUT2D eigenvalue weighted by Crippen LogP contribution is 2.38. The Morgan fingerprint density at radius 2 is 1.03 bits per heavy atom. The Morgan fingerprint density at radius 1 is 0.554 bits per heavy atom. The van der Waals surface area contributed by atoms with Crippen molar-refractivity contribution < 1.29 is 19.0 Å². The van der Waals surface area contributed by atoms with Gasteiger partial charge in [-0.05, 0) is 141 Å². The fourth-order valence-electron chi connectivity index (χ4n) is 8.53. The standard InChI is InChI=1S/C57H54N4O4/c1-38(2)57(62)65-35-13-5-4-12-34-64-48-32-28-46(29-33-48)54-53(45-26-30-47(63-3)31-27-45)60-56(61-54)50-37-40-19-18-39-20-22-41(24-25-42(50)23-21-40)49(36-39)55-58-51(43-14-8-6-9-15-43)52(59-55)44-16-10-7-11-17-44/h6-11,14-17,20-23,26-33,36-37H,1,4-5,12-13,18-19,24-25,34-35H2,2-3H3,(H,58,59)(H,60,61). The summed E-state index contributed by atoms with van der Waals surface area (Å²) in [5.74, 6) is 3.02. The van der Waals surface area contributed by atoms with Crippen LogP contribution in [-0.2, 0) is 35.2 Å². The van der Waals surface area contributed by atoms with Crippen molar-refractivity contribution in [2.45, 2.75) is 58.3 Å². The van der Waals surface area contributed by atoms with Crippen molar-refractivity contribution in [3.05, 3.63) is 180 Å². The molecule has 4 bridgehead atoms. The Bertz CT molecular complexity index is 2840. The molecule has 0 saturated carbocycles. The van der Waals surface area contributed by atoms with Crippen molar-refractivity contribution in [3.8, 4) is 79.3 Å². The first-order chi connectivity index (χ1) is 31.9. The second-order valence-electron chi connectivity index (χ2n) is 16.8. The molecular formula is C57H54N4O4. The molecule has 0 fully saturated rings. The number of aryl methyl sites for hydroxylation is 4. The molecule has 0 spiro atoms. The molecule has 0 atom stereocenters. The van der Waals surface area contributed by atoms with Crippen LogP contribution < -0.4 is 9.47 Å². The Labute approximate surface area is 381 Å². The summed E-state index contributed by atoms with van der Waals surface area (Å²) in [7, 11) is 1.69. The zero-order chi connectivity index (χ0) is 44.5. The lowest BCUT2D eigenvalue weighted by Crippen LogP contribution is -2.06. The van der Waals surface area contributed by atoms with E-state index in [1.807, 2.05) is 30.3 Å². The van der Waals surface area contributed by atoms with Gasteiger partial charge >= 0.3 is 5.97 Å². The Morgan fingerprint density at radius 3 is 1.57 bits per heavy atom. The molecule has 4 aliphatic carbocycles. The van der Waals surface area contributed by atoms with E-state index in [1.165, 1.54) is 22.3 Å². The third-order valence-electron chi connectivity index (χ3n) is 12.1. The number of hydrogen-bond acceptors (Lipinski definition) is 6. The SMILES string of the molecule is C=C(C)C(=O)OCCCCCCOc1ccc(-c2[nH]c(-c3cc4ccc3CCc3ccc(cc3-c3nc(-c5ccccc5)c(-c5ccccc5)[nH]3)CC4)nc2-c2ccc(OC)cc2)cc1. The first kappa shape index (κ1) is 42.8. The van der Waals surface area contributed by atoms with Crippen LogP contribution in [0.15, 0.2) is 158 Å². The summed E-state index contributed by atoms with van der Waals surface area (Å²) in [6.45, 7) is 6.33. The molecule has 8 nitrogen and oxygen atoms in total. The van der Waals surface area contributed by atoms with Gasteiger partial charge in [0.15, 0.2) is 0 Å². The number of H-pyrrole nitrogens is 2. The predicted molar refractivity (Wildman–Crippen MR) is 261 cm³/mol. The average Bonchev–Trinajstić information content (AvgIpc) is 4.00. The molecule has 0 unspecified atom stereocenters. The second kappa shape index (κ2) is 19.9. The van der Waals surface area contributed by atoms with Gasteiger partial charge in [-0.1, -0.05) is 91.5 Å². The van der Waals surface area contributed by atoms with Gasteiger partial charge < -0.3 is 24.2 Å². The quantitative estimate of drug-likeness (QED) is 0.0570. The Hall–Kier alpha value is -7.45. The van der Waals surface area contributed by atoms with E-state index in [-0.39, 0.29) is 5.97 Å². The highest BCUT2D eigenvalue weighted by Gasteiger charge is 2.22. The molecule has 6 aromatic carbocycles. The minimum atomic E-state index is -0.326. The molecule has 0 saturated heterocycles. The van der Waals surface area contributed by atoms with Gasteiger partial charge in [0.05, 0.1) is 43.1 Å². The van der Waals surface area contributed by atoms with E-state index in [0.29, 0.717) is 18.8 Å². The number of methoxy groups -OCH3 is 1. The number of hydrogen-bond donors (Lipinski definition) is 2. The third-order valence-corrected chi connectivity index (χ3v) is 12.1. The van der Waals surface area contributed by atoms with Gasteiger partial charge in [-0.15, -0.1) is 0 Å². The van der Waals surface area contributed by atoms with Crippen LogP contribution >= 0.6 is 0 Å². The van der Waals surface area contributed by atoms with Crippen LogP contribution in [0, 0.1) is 0 Å². The molecule has 2 aromatic heterocycles. The van der Waals surface area contributed by atoms with Crippen LogP contribution in [-0.4, -0.2) is 46.2 Å². The number of carbonyl (C=O) groups is 1. The van der Waals surface area contributed by atoms with Crippen LogP contribution in [0.5, 0.6) is 11.5 Å². The number of aromatic nitrogens is 4. The minimum Gasteiger partial charge on any atom is -0.497 e. The highest BCUT2D eigenvalue weighted by atomic mass is 16.5. The number of carbonyl (C=O) groups excluding carboxylic acids is 1. The summed E-state index contributed by atoms with van der Waals surface area (Å²) in [6, 6.07) is 51.2. The van der Waals surface area contributed by atoms with Gasteiger partial charge in [0, 0.05) is 39.0 Å². The van der Waals surface area contributed by atoms with Crippen molar-refractivity contribution in [2.75, 3.05) is 20.3 Å². The van der Waals surface area contributed by atoms with E-state index >= 15 is 0 Å². The number of aromatic amines is 2. The van der Waals surface area contributed by atoms with Crippen LogP contribution in [0.2, 0.25) is 0 Å². The highest BCUT2D eigenvalue weighted by molar-refractivity contribution is 5.87. The van der Waals surface area contributed by atoms with Gasteiger partial charge in [0.1, 0.15) is 23.1 Å². The zero-order valence-corrected chi connectivity index (χ0v) is 37.2. The number of nitrogens with zero attached hydrogens (tertiary/aromatic N) is 2. The minimum absolute atomic E-state index is 0.326. The maximum Gasteiger partial charge on any atom is 0.333 e. The van der Waals surface area contributed by atoms with Crippen molar-refractivity contribution in [3.63, 3.8) is 0 Å². The molecule has 8 heteroatoms. The molecule has 326 valence electrons. The van der Waals surface area contributed by atoms with Crippen LogP contribution in [0.1, 0.15) is 54.9 Å². The summed E-state index contributed by atoms with van der Waals surface area (Å²) in [5, 5.41) is 0. The summed E-state index contributed by atoms with van der Waals surface area (Å²) >= 11 is 0. The van der Waals surface area contributed by atoms with E-state index in [0.717, 1.165) is 131 Å². The number of rotatable bonds is 16. The molecular weight excluding hydrogens is 805 g/mol. The maximum atomic E-state index is 11.6. The average molecular weight is 859 g/mol. The number of ether oxygens (including phenoxy) is 3. The number of imidazole rings is 2. The first-order valence-electron chi connectivity index (χ1n) is 22.7. The van der Waals surface area contributed by atoms with Gasteiger partial charge in [-0.25, -0.2) is 14.8 Å². The monoisotopic (exact) mass is 858 g/mol. The van der Waals surface area contributed by atoms with Crippen molar-refractivity contribution >= 4 is 5.97 Å². The lowest BCUT2D eigenvalue weighted by atomic mass is 9.90. The third kappa shape index (κ3) is 10.0. The molecule has 0 aliphatic heterocycles. The summed E-state index contributed by atoms with van der Waals surface area (Å²) < 4.78 is 16.9. The van der Waals surface area contributed by atoms with E-state index in [9.17, 15) is 4.79 Å². The number of nitrogens with one attached hydrogen (secondary N) is 2. The molecule has 0 amide bonds. The second-order valence-corrected chi connectivity index (χ2v) is 16.8. The molecule has 65 heavy (non-hydrogen) atoms. The first-order valence-corrected chi connectivity index (χ1v) is 22.7. The molecule has 2 N–H and O–H groups in total. The van der Waals surface area contributed by atoms with Crippen molar-refractivity contribution in [1.29, 1.82) is 0 Å². The van der Waals surface area contributed by atoms with Gasteiger partial charge in [-0.3, -0.25) is 0 Å². The molecule has 0 radical (unpaired) electrons. The lowest BCUT2D eigenvalue weighted by Gasteiger charge is -2.16.